The van der Waals surface area contributed by atoms with Gasteiger partial charge in [0.15, 0.2) is 0 Å². The monoisotopic (exact) mass is 253 g/mol. The summed E-state index contributed by atoms with van der Waals surface area (Å²) in [4.78, 5) is 11.2. The van der Waals surface area contributed by atoms with Gasteiger partial charge in [0.25, 0.3) is 5.56 Å². The molecule has 0 aliphatic rings. The highest BCUT2D eigenvalue weighted by Gasteiger charge is 2.04. The predicted octanol–water partition coefficient (Wildman–Crippen LogP) is 2.17. The molecule has 0 unspecified atom stereocenters. The fourth-order valence-corrected chi connectivity index (χ4v) is 1.51. The van der Waals surface area contributed by atoms with Gasteiger partial charge in [-0.05, 0) is 17.7 Å². The van der Waals surface area contributed by atoms with Crippen molar-refractivity contribution in [3.63, 3.8) is 0 Å². The molecule has 1 aromatic heterocycles. The number of aromatic amines is 1. The van der Waals surface area contributed by atoms with Gasteiger partial charge in [-0.2, -0.15) is 5.10 Å². The van der Waals surface area contributed by atoms with E-state index in [-0.39, 0.29) is 10.8 Å². The minimum atomic E-state index is -0.462. The van der Waals surface area contributed by atoms with Gasteiger partial charge in [-0.15, -0.1) is 0 Å². The lowest BCUT2D eigenvalue weighted by molar-refractivity contribution is 0.626. The van der Waals surface area contributed by atoms with Crippen molar-refractivity contribution in [3.05, 3.63) is 57.2 Å². The first-order chi connectivity index (χ1) is 8.16. The van der Waals surface area contributed by atoms with Crippen LogP contribution < -0.4 is 10.9 Å². The molecule has 0 radical (unpaired) electrons. The molecule has 0 aliphatic carbocycles. The molecule has 6 heteroatoms. The molecule has 1 heterocycles. The van der Waals surface area contributed by atoms with Gasteiger partial charge in [-0.25, -0.2) is 9.49 Å². The van der Waals surface area contributed by atoms with E-state index < -0.39 is 5.56 Å². The summed E-state index contributed by atoms with van der Waals surface area (Å²) in [5.74, 6) is -0.306. The van der Waals surface area contributed by atoms with Crippen molar-refractivity contribution < 1.29 is 4.39 Å². The van der Waals surface area contributed by atoms with Crippen molar-refractivity contribution in [2.75, 3.05) is 5.32 Å². The first-order valence-corrected chi connectivity index (χ1v) is 5.26. The van der Waals surface area contributed by atoms with Gasteiger partial charge in [-0.1, -0.05) is 23.7 Å². The van der Waals surface area contributed by atoms with Gasteiger partial charge in [-0.3, -0.25) is 4.79 Å². The Bertz CT molecular complexity index is 585. The molecule has 0 saturated heterocycles. The molecule has 2 N–H and O–H groups in total. The molecule has 0 saturated carbocycles. The van der Waals surface area contributed by atoms with Gasteiger partial charge in [0.05, 0.1) is 11.9 Å². The third-order valence-electron chi connectivity index (χ3n) is 2.17. The third kappa shape index (κ3) is 2.82. The number of aromatic nitrogens is 2. The molecule has 1 aromatic carbocycles. The number of nitrogens with zero attached hydrogens (tertiary/aromatic N) is 1. The number of hydrogen-bond acceptors (Lipinski definition) is 3. The van der Waals surface area contributed by atoms with Crippen LogP contribution in [0.15, 0.2) is 35.3 Å². The molecular weight excluding hydrogens is 245 g/mol. The van der Waals surface area contributed by atoms with Crippen molar-refractivity contribution in [2.45, 2.75) is 6.54 Å². The largest absolute Gasteiger partial charge is 0.378 e. The lowest BCUT2D eigenvalue weighted by atomic mass is 10.2. The second-order valence-electron chi connectivity index (χ2n) is 3.41. The summed E-state index contributed by atoms with van der Waals surface area (Å²) in [5, 5.41) is 8.78. The molecular formula is C11H9ClFN3O. The normalized spacial score (nSPS) is 10.2. The highest BCUT2D eigenvalue weighted by atomic mass is 35.5. The van der Waals surface area contributed by atoms with Crippen molar-refractivity contribution in [3.8, 4) is 0 Å². The number of benzene rings is 1. The lowest BCUT2D eigenvalue weighted by Gasteiger charge is -2.06. The summed E-state index contributed by atoms with van der Waals surface area (Å²) in [6.45, 7) is 0.364. The lowest BCUT2D eigenvalue weighted by Crippen LogP contribution is -2.11. The summed E-state index contributed by atoms with van der Waals surface area (Å²) < 4.78 is 12.9. The number of hydrogen-bond donors (Lipinski definition) is 2. The summed E-state index contributed by atoms with van der Waals surface area (Å²) in [7, 11) is 0. The van der Waals surface area contributed by atoms with E-state index in [4.69, 9.17) is 11.6 Å². The van der Waals surface area contributed by atoms with E-state index in [9.17, 15) is 9.18 Å². The topological polar surface area (TPSA) is 57.8 Å². The fourth-order valence-electron chi connectivity index (χ4n) is 1.35. The first kappa shape index (κ1) is 11.6. The zero-order valence-electron chi connectivity index (χ0n) is 8.71. The zero-order chi connectivity index (χ0) is 12.3. The SMILES string of the molecule is O=c1[nH]ncc(NCc2cccc(F)c2)c1Cl. The number of halogens is 2. The van der Waals surface area contributed by atoms with Crippen molar-refractivity contribution >= 4 is 17.3 Å². The maximum absolute atomic E-state index is 12.9. The molecule has 4 nitrogen and oxygen atoms in total. The Morgan fingerprint density at radius 1 is 1.47 bits per heavy atom. The molecule has 17 heavy (non-hydrogen) atoms. The second-order valence-corrected chi connectivity index (χ2v) is 3.79. The van der Waals surface area contributed by atoms with E-state index in [0.29, 0.717) is 12.2 Å². The van der Waals surface area contributed by atoms with Crippen LogP contribution in [-0.4, -0.2) is 10.2 Å². The number of nitrogens with one attached hydrogen (secondary N) is 2. The molecule has 0 amide bonds. The van der Waals surface area contributed by atoms with Crippen LogP contribution in [0.25, 0.3) is 0 Å². The number of H-pyrrole nitrogens is 1. The van der Waals surface area contributed by atoms with E-state index >= 15 is 0 Å². The maximum atomic E-state index is 12.9. The molecule has 88 valence electrons. The van der Waals surface area contributed by atoms with Crippen LogP contribution >= 0.6 is 11.6 Å². The Morgan fingerprint density at radius 2 is 2.29 bits per heavy atom. The molecule has 0 fully saturated rings. The van der Waals surface area contributed by atoms with Crippen LogP contribution in [0.5, 0.6) is 0 Å². The minimum Gasteiger partial charge on any atom is -0.378 e. The van der Waals surface area contributed by atoms with E-state index in [2.05, 4.69) is 15.5 Å². The molecule has 0 aliphatic heterocycles. The first-order valence-electron chi connectivity index (χ1n) is 4.88. The van der Waals surface area contributed by atoms with Gasteiger partial charge in [0, 0.05) is 6.54 Å². The van der Waals surface area contributed by atoms with E-state index in [1.54, 1.807) is 12.1 Å². The van der Waals surface area contributed by atoms with Gasteiger partial charge < -0.3 is 5.32 Å². The van der Waals surface area contributed by atoms with Crippen LogP contribution in [-0.2, 0) is 6.54 Å². The highest BCUT2D eigenvalue weighted by molar-refractivity contribution is 6.32. The van der Waals surface area contributed by atoms with Crippen LogP contribution in [0.2, 0.25) is 5.02 Å². The summed E-state index contributed by atoms with van der Waals surface area (Å²) >= 11 is 5.77. The van der Waals surface area contributed by atoms with Crippen molar-refractivity contribution in [1.29, 1.82) is 0 Å². The zero-order valence-corrected chi connectivity index (χ0v) is 9.46. The maximum Gasteiger partial charge on any atom is 0.285 e. The van der Waals surface area contributed by atoms with E-state index in [0.717, 1.165) is 5.56 Å². The number of rotatable bonds is 3. The Kier molecular flexibility index (Phi) is 3.39. The molecule has 2 rings (SSSR count). The van der Waals surface area contributed by atoms with E-state index in [1.165, 1.54) is 18.3 Å². The van der Waals surface area contributed by atoms with Crippen LogP contribution in [0.1, 0.15) is 5.56 Å². The van der Waals surface area contributed by atoms with Crippen molar-refractivity contribution in [2.24, 2.45) is 0 Å². The third-order valence-corrected chi connectivity index (χ3v) is 2.54. The summed E-state index contributed by atoms with van der Waals surface area (Å²) in [6, 6.07) is 6.15. The van der Waals surface area contributed by atoms with Gasteiger partial charge in [0.2, 0.25) is 0 Å². The molecule has 0 atom stereocenters. The minimum absolute atomic E-state index is 0.0383. The number of anilines is 1. The fraction of sp³-hybridized carbons (Fsp3) is 0.0909. The van der Waals surface area contributed by atoms with E-state index in [1.807, 2.05) is 0 Å². The van der Waals surface area contributed by atoms with Crippen LogP contribution in [0.4, 0.5) is 10.1 Å². The van der Waals surface area contributed by atoms with Crippen LogP contribution in [0.3, 0.4) is 0 Å². The molecule has 0 spiro atoms. The Hall–Kier alpha value is -1.88. The highest BCUT2D eigenvalue weighted by Crippen LogP contribution is 2.15. The second kappa shape index (κ2) is 4.97. The average Bonchev–Trinajstić information content (AvgIpc) is 2.31. The Balaban J connectivity index is 2.13. The van der Waals surface area contributed by atoms with Crippen molar-refractivity contribution in [1.82, 2.24) is 10.2 Å². The molecule has 0 bridgehead atoms. The van der Waals surface area contributed by atoms with Gasteiger partial charge in [0.1, 0.15) is 10.8 Å². The smallest absolute Gasteiger partial charge is 0.285 e. The Morgan fingerprint density at radius 3 is 3.06 bits per heavy atom. The standard InChI is InChI=1S/C11H9ClFN3O/c12-10-9(6-15-16-11(10)17)14-5-7-2-1-3-8(13)4-7/h1-4,6H,5H2,(H2,14,16,17). The molecule has 2 aromatic rings. The summed E-state index contributed by atoms with van der Waals surface area (Å²) in [6.07, 6.45) is 1.41. The predicted molar refractivity (Wildman–Crippen MR) is 63.6 cm³/mol. The Labute approximate surface area is 101 Å². The summed E-state index contributed by atoms with van der Waals surface area (Å²) in [5.41, 5.74) is 0.705. The average molecular weight is 254 g/mol. The quantitative estimate of drug-likeness (QED) is 0.881. The van der Waals surface area contributed by atoms with Crippen LogP contribution in [0, 0.1) is 5.82 Å². The van der Waals surface area contributed by atoms with Gasteiger partial charge >= 0.3 is 0 Å².